The van der Waals surface area contributed by atoms with Crippen LogP contribution in [0.1, 0.15) is 6.42 Å². The summed E-state index contributed by atoms with van der Waals surface area (Å²) in [5.41, 5.74) is 0.298. The number of amides is 2. The highest BCUT2D eigenvalue weighted by Gasteiger charge is 2.34. The number of benzene rings is 1. The van der Waals surface area contributed by atoms with Crippen molar-refractivity contribution in [1.29, 1.82) is 0 Å². The smallest absolute Gasteiger partial charge is 0.319 e. The monoisotopic (exact) mass is 326 g/mol. The molecule has 0 aromatic heterocycles. The first kappa shape index (κ1) is 16.8. The van der Waals surface area contributed by atoms with Crippen LogP contribution in [0.15, 0.2) is 18.2 Å². The number of nitrogens with one attached hydrogen (secondary N) is 2. The van der Waals surface area contributed by atoms with Crippen molar-refractivity contribution in [3.05, 3.63) is 18.2 Å². The van der Waals surface area contributed by atoms with Crippen LogP contribution in [-0.2, 0) is 4.74 Å². The molecule has 122 valence electrons. The van der Waals surface area contributed by atoms with Crippen LogP contribution in [0, 0.1) is 0 Å². The summed E-state index contributed by atoms with van der Waals surface area (Å²) in [5.74, 6) is 3.02. The Kier molecular flexibility index (Phi) is 5.79. The molecule has 1 heterocycles. The SMILES string of the molecule is COc1cccc(NC(=O)NC[C@@]2(OC)CCSC2)c1OC. The summed E-state index contributed by atoms with van der Waals surface area (Å²) in [6.45, 7) is 0.481. The summed E-state index contributed by atoms with van der Waals surface area (Å²) < 4.78 is 16.1. The number of para-hydroxylation sites is 1. The lowest BCUT2D eigenvalue weighted by atomic mass is 10.0. The van der Waals surface area contributed by atoms with E-state index < -0.39 is 0 Å². The van der Waals surface area contributed by atoms with Gasteiger partial charge in [-0.15, -0.1) is 0 Å². The summed E-state index contributed by atoms with van der Waals surface area (Å²) in [6, 6.07) is 5.04. The molecule has 0 radical (unpaired) electrons. The predicted octanol–water partition coefficient (Wildman–Crippen LogP) is 2.35. The van der Waals surface area contributed by atoms with Crippen molar-refractivity contribution in [2.45, 2.75) is 12.0 Å². The molecule has 0 aliphatic carbocycles. The number of anilines is 1. The van der Waals surface area contributed by atoms with E-state index in [-0.39, 0.29) is 11.6 Å². The van der Waals surface area contributed by atoms with Gasteiger partial charge in [-0.25, -0.2) is 4.79 Å². The number of hydrogen-bond acceptors (Lipinski definition) is 5. The number of ether oxygens (including phenoxy) is 3. The van der Waals surface area contributed by atoms with Gasteiger partial charge in [0.05, 0.1) is 25.5 Å². The van der Waals surface area contributed by atoms with E-state index >= 15 is 0 Å². The third-order valence-corrected chi connectivity index (χ3v) is 4.95. The largest absolute Gasteiger partial charge is 0.493 e. The Balaban J connectivity index is 1.97. The van der Waals surface area contributed by atoms with Gasteiger partial charge in [-0.2, -0.15) is 11.8 Å². The molecular formula is C15H22N2O4S. The van der Waals surface area contributed by atoms with Crippen molar-refractivity contribution >= 4 is 23.5 Å². The van der Waals surface area contributed by atoms with Crippen molar-refractivity contribution in [2.24, 2.45) is 0 Å². The molecule has 0 unspecified atom stereocenters. The number of rotatable bonds is 6. The average Bonchev–Trinajstić information content (AvgIpc) is 3.02. The highest BCUT2D eigenvalue weighted by atomic mass is 32.2. The van der Waals surface area contributed by atoms with Crippen LogP contribution in [0.2, 0.25) is 0 Å². The Morgan fingerprint density at radius 2 is 2.14 bits per heavy atom. The number of urea groups is 1. The molecule has 2 amide bonds. The molecule has 1 atom stereocenters. The second-order valence-corrected chi connectivity index (χ2v) is 6.14. The Hall–Kier alpha value is -1.60. The van der Waals surface area contributed by atoms with E-state index in [2.05, 4.69) is 10.6 Å². The molecule has 1 fully saturated rings. The third kappa shape index (κ3) is 3.78. The van der Waals surface area contributed by atoms with Gasteiger partial charge >= 0.3 is 6.03 Å². The van der Waals surface area contributed by atoms with E-state index in [4.69, 9.17) is 14.2 Å². The number of carbonyl (C=O) groups excluding carboxylic acids is 1. The minimum atomic E-state index is -0.292. The minimum absolute atomic E-state index is 0.263. The number of methoxy groups -OCH3 is 3. The molecule has 0 spiro atoms. The van der Waals surface area contributed by atoms with E-state index in [1.165, 1.54) is 7.11 Å². The summed E-state index contributed by atoms with van der Waals surface area (Å²) in [7, 11) is 4.79. The molecule has 2 N–H and O–H groups in total. The fourth-order valence-electron chi connectivity index (χ4n) is 2.35. The zero-order chi connectivity index (χ0) is 16.0. The molecule has 0 saturated carbocycles. The van der Waals surface area contributed by atoms with Gasteiger partial charge in [0.2, 0.25) is 0 Å². The first-order valence-electron chi connectivity index (χ1n) is 7.03. The highest BCUT2D eigenvalue weighted by Crippen LogP contribution is 2.34. The molecule has 1 aromatic rings. The third-order valence-electron chi connectivity index (χ3n) is 3.72. The molecule has 6 nitrogen and oxygen atoms in total. The number of hydrogen-bond donors (Lipinski definition) is 2. The predicted molar refractivity (Wildman–Crippen MR) is 88.2 cm³/mol. The topological polar surface area (TPSA) is 68.8 Å². The number of carbonyl (C=O) groups is 1. The summed E-state index contributed by atoms with van der Waals surface area (Å²) in [5, 5.41) is 5.65. The van der Waals surface area contributed by atoms with Crippen LogP contribution in [0.4, 0.5) is 10.5 Å². The molecule has 1 saturated heterocycles. The van der Waals surface area contributed by atoms with Crippen LogP contribution in [0.5, 0.6) is 11.5 Å². The summed E-state index contributed by atoms with van der Waals surface area (Å²) in [4.78, 5) is 12.1. The molecule has 0 bridgehead atoms. The van der Waals surface area contributed by atoms with Gasteiger partial charge in [-0.1, -0.05) is 6.07 Å². The quantitative estimate of drug-likeness (QED) is 0.840. The van der Waals surface area contributed by atoms with E-state index in [9.17, 15) is 4.79 Å². The van der Waals surface area contributed by atoms with Crippen LogP contribution in [0.25, 0.3) is 0 Å². The van der Waals surface area contributed by atoms with Crippen molar-refractivity contribution in [3.8, 4) is 11.5 Å². The van der Waals surface area contributed by atoms with Crippen molar-refractivity contribution in [3.63, 3.8) is 0 Å². The van der Waals surface area contributed by atoms with E-state index in [1.807, 2.05) is 11.8 Å². The maximum Gasteiger partial charge on any atom is 0.319 e. The maximum atomic E-state index is 12.1. The fraction of sp³-hybridized carbons (Fsp3) is 0.533. The Bertz CT molecular complexity index is 518. The van der Waals surface area contributed by atoms with E-state index in [0.29, 0.717) is 23.7 Å². The first-order valence-corrected chi connectivity index (χ1v) is 8.18. The normalized spacial score (nSPS) is 20.5. The molecule has 1 aliphatic heterocycles. The van der Waals surface area contributed by atoms with E-state index in [1.54, 1.807) is 32.4 Å². The molecule has 22 heavy (non-hydrogen) atoms. The molecule has 1 aromatic carbocycles. The van der Waals surface area contributed by atoms with Gasteiger partial charge in [-0.3, -0.25) is 0 Å². The molecule has 1 aliphatic rings. The fourth-order valence-corrected chi connectivity index (χ4v) is 3.75. The van der Waals surface area contributed by atoms with Crippen LogP contribution >= 0.6 is 11.8 Å². The lowest BCUT2D eigenvalue weighted by molar-refractivity contribution is 0.0161. The van der Waals surface area contributed by atoms with Gasteiger partial charge < -0.3 is 24.8 Å². The second-order valence-electron chi connectivity index (χ2n) is 5.04. The summed E-state index contributed by atoms with van der Waals surface area (Å²) >= 11 is 1.84. The maximum absolute atomic E-state index is 12.1. The first-order chi connectivity index (χ1) is 10.6. The summed E-state index contributed by atoms with van der Waals surface area (Å²) in [6.07, 6.45) is 0.941. The standard InChI is InChI=1S/C15H22N2O4S/c1-19-12-6-4-5-11(13(12)20-2)17-14(18)16-9-15(21-3)7-8-22-10-15/h4-6H,7-10H2,1-3H3,(H2,16,17,18)/t15-/m0/s1. The Morgan fingerprint density at radius 1 is 1.32 bits per heavy atom. The Morgan fingerprint density at radius 3 is 2.73 bits per heavy atom. The van der Waals surface area contributed by atoms with Crippen molar-refractivity contribution < 1.29 is 19.0 Å². The zero-order valence-electron chi connectivity index (χ0n) is 13.1. The number of thioether (sulfide) groups is 1. The van der Waals surface area contributed by atoms with Crippen LogP contribution < -0.4 is 20.1 Å². The minimum Gasteiger partial charge on any atom is -0.493 e. The lowest BCUT2D eigenvalue weighted by Gasteiger charge is -2.26. The van der Waals surface area contributed by atoms with Crippen LogP contribution in [0.3, 0.4) is 0 Å². The van der Waals surface area contributed by atoms with Gasteiger partial charge in [0.15, 0.2) is 11.5 Å². The van der Waals surface area contributed by atoms with Gasteiger partial charge in [0.25, 0.3) is 0 Å². The zero-order valence-corrected chi connectivity index (χ0v) is 13.9. The van der Waals surface area contributed by atoms with Gasteiger partial charge in [-0.05, 0) is 24.3 Å². The average molecular weight is 326 g/mol. The molecular weight excluding hydrogens is 304 g/mol. The van der Waals surface area contributed by atoms with E-state index in [0.717, 1.165) is 17.9 Å². The lowest BCUT2D eigenvalue weighted by Crippen LogP contribution is -2.45. The molecule has 7 heteroatoms. The van der Waals surface area contributed by atoms with Crippen molar-refractivity contribution in [1.82, 2.24) is 5.32 Å². The van der Waals surface area contributed by atoms with Crippen LogP contribution in [-0.4, -0.2) is 51.0 Å². The molecule has 2 rings (SSSR count). The highest BCUT2D eigenvalue weighted by molar-refractivity contribution is 7.99. The Labute approximate surface area is 134 Å². The van der Waals surface area contributed by atoms with Gasteiger partial charge in [0.1, 0.15) is 0 Å². The second kappa shape index (κ2) is 7.60. The van der Waals surface area contributed by atoms with Crippen molar-refractivity contribution in [2.75, 3.05) is 44.7 Å². The van der Waals surface area contributed by atoms with Gasteiger partial charge in [0, 0.05) is 19.4 Å².